The van der Waals surface area contributed by atoms with Crippen LogP contribution in [0.4, 0.5) is 4.39 Å². The molecule has 1 aliphatic rings. The number of unbranched alkanes of at least 4 members (excludes halogenated alkanes) is 2. The van der Waals surface area contributed by atoms with Crippen LogP contribution in [0.2, 0.25) is 0 Å². The lowest BCUT2D eigenvalue weighted by Crippen LogP contribution is -2.29. The predicted octanol–water partition coefficient (Wildman–Crippen LogP) is 8.86. The lowest BCUT2D eigenvalue weighted by molar-refractivity contribution is -0.157. The number of aryl methyl sites for hydroxylation is 1. The number of benzene rings is 2. The standard InChI is InChI=1S/C30H40BrFO3/c1-3-5-7-28(32)30(33)35-26-17-12-23(13-18-26)9-8-22-10-14-24(15-11-22)25-16-19-29(27(31)21-25)34-20-6-4-2/h10-11,14-16,19,21,23,26,28H,3-9,12-13,17-18,20H2,1-2H3/t23?,26?,28-/m0/s1. The number of alkyl halides is 1. The van der Waals surface area contributed by atoms with Crippen molar-refractivity contribution in [1.29, 1.82) is 0 Å². The highest BCUT2D eigenvalue weighted by molar-refractivity contribution is 9.10. The Morgan fingerprint density at radius 2 is 1.69 bits per heavy atom. The van der Waals surface area contributed by atoms with E-state index in [1.807, 2.05) is 13.0 Å². The zero-order valence-corrected chi connectivity index (χ0v) is 22.8. The maximum atomic E-state index is 13.9. The molecule has 0 unspecified atom stereocenters. The summed E-state index contributed by atoms with van der Waals surface area (Å²) in [7, 11) is 0. The summed E-state index contributed by atoms with van der Waals surface area (Å²) in [4.78, 5) is 11.9. The van der Waals surface area contributed by atoms with Crippen molar-refractivity contribution in [3.8, 4) is 16.9 Å². The van der Waals surface area contributed by atoms with Gasteiger partial charge in [0.2, 0.25) is 0 Å². The van der Waals surface area contributed by atoms with Gasteiger partial charge in [-0.05, 0) is 102 Å². The minimum Gasteiger partial charge on any atom is -0.492 e. The fourth-order valence-corrected chi connectivity index (χ4v) is 5.13. The van der Waals surface area contributed by atoms with E-state index < -0.39 is 12.1 Å². The Morgan fingerprint density at radius 1 is 1.00 bits per heavy atom. The van der Waals surface area contributed by atoms with Crippen LogP contribution in [-0.4, -0.2) is 24.9 Å². The van der Waals surface area contributed by atoms with Crippen molar-refractivity contribution in [2.24, 2.45) is 5.92 Å². The monoisotopic (exact) mass is 546 g/mol. The second kappa shape index (κ2) is 14.6. The third-order valence-electron chi connectivity index (χ3n) is 6.96. The molecule has 0 amide bonds. The van der Waals surface area contributed by atoms with Crippen molar-refractivity contribution >= 4 is 21.9 Å². The number of rotatable bonds is 13. The Hall–Kier alpha value is -1.88. The smallest absolute Gasteiger partial charge is 0.340 e. The number of carbonyl (C=O) groups excluding carboxylic acids is 1. The maximum Gasteiger partial charge on any atom is 0.340 e. The summed E-state index contributed by atoms with van der Waals surface area (Å²) >= 11 is 3.64. The van der Waals surface area contributed by atoms with Gasteiger partial charge < -0.3 is 9.47 Å². The molecule has 1 aliphatic carbocycles. The van der Waals surface area contributed by atoms with Crippen molar-refractivity contribution in [2.75, 3.05) is 6.61 Å². The van der Waals surface area contributed by atoms with E-state index >= 15 is 0 Å². The average molecular weight is 548 g/mol. The lowest BCUT2D eigenvalue weighted by atomic mass is 9.83. The molecule has 0 aromatic heterocycles. The van der Waals surface area contributed by atoms with Crippen LogP contribution in [-0.2, 0) is 16.0 Å². The fraction of sp³-hybridized carbons (Fsp3) is 0.567. The molecule has 1 atom stereocenters. The van der Waals surface area contributed by atoms with Gasteiger partial charge in [-0.3, -0.25) is 0 Å². The maximum absolute atomic E-state index is 13.9. The van der Waals surface area contributed by atoms with Crippen LogP contribution in [0.15, 0.2) is 46.9 Å². The first kappa shape index (κ1) is 27.7. The van der Waals surface area contributed by atoms with Gasteiger partial charge in [-0.15, -0.1) is 0 Å². The van der Waals surface area contributed by atoms with Crippen LogP contribution in [0, 0.1) is 5.92 Å². The molecule has 192 valence electrons. The molecule has 2 aromatic rings. The predicted molar refractivity (Wildman–Crippen MR) is 145 cm³/mol. The van der Waals surface area contributed by atoms with Gasteiger partial charge in [0.25, 0.3) is 0 Å². The highest BCUT2D eigenvalue weighted by atomic mass is 79.9. The van der Waals surface area contributed by atoms with Gasteiger partial charge in [0.1, 0.15) is 11.9 Å². The minimum absolute atomic E-state index is 0.110. The quantitative estimate of drug-likeness (QED) is 0.186. The molecule has 0 heterocycles. The fourth-order valence-electron chi connectivity index (χ4n) is 4.64. The number of hydrogen-bond donors (Lipinski definition) is 0. The van der Waals surface area contributed by atoms with Gasteiger partial charge in [-0.2, -0.15) is 0 Å². The average Bonchev–Trinajstić information content (AvgIpc) is 2.88. The van der Waals surface area contributed by atoms with Gasteiger partial charge in [0.15, 0.2) is 6.17 Å². The highest BCUT2D eigenvalue weighted by Crippen LogP contribution is 2.32. The van der Waals surface area contributed by atoms with Crippen LogP contribution in [0.25, 0.3) is 11.1 Å². The van der Waals surface area contributed by atoms with E-state index in [9.17, 15) is 9.18 Å². The molecule has 35 heavy (non-hydrogen) atoms. The Morgan fingerprint density at radius 3 is 2.34 bits per heavy atom. The Kier molecular flexibility index (Phi) is 11.6. The summed E-state index contributed by atoms with van der Waals surface area (Å²) in [6.07, 6.45) is 8.47. The molecule has 1 saturated carbocycles. The molecule has 2 aromatic carbocycles. The Bertz CT molecular complexity index is 906. The topological polar surface area (TPSA) is 35.5 Å². The van der Waals surface area contributed by atoms with E-state index in [0.717, 1.165) is 81.0 Å². The van der Waals surface area contributed by atoms with Crippen molar-refractivity contribution in [3.63, 3.8) is 0 Å². The van der Waals surface area contributed by atoms with E-state index in [1.54, 1.807) is 0 Å². The zero-order valence-electron chi connectivity index (χ0n) is 21.2. The van der Waals surface area contributed by atoms with E-state index in [2.05, 4.69) is 59.3 Å². The summed E-state index contributed by atoms with van der Waals surface area (Å²) in [5.74, 6) is 0.874. The molecular formula is C30H40BrFO3. The number of ether oxygens (including phenoxy) is 2. The summed E-state index contributed by atoms with van der Waals surface area (Å²) < 4.78 is 26.1. The molecule has 3 rings (SSSR count). The van der Waals surface area contributed by atoms with Gasteiger partial charge in [0, 0.05) is 0 Å². The molecule has 1 fully saturated rings. The second-order valence-corrected chi connectivity index (χ2v) is 10.6. The molecule has 0 saturated heterocycles. The van der Waals surface area contributed by atoms with Crippen molar-refractivity contribution in [2.45, 2.75) is 96.8 Å². The minimum atomic E-state index is -1.46. The summed E-state index contributed by atoms with van der Waals surface area (Å²) in [5.41, 5.74) is 3.71. The van der Waals surface area contributed by atoms with Gasteiger partial charge >= 0.3 is 5.97 Å². The first-order chi connectivity index (χ1) is 17.0. The molecule has 0 N–H and O–H groups in total. The summed E-state index contributed by atoms with van der Waals surface area (Å²) in [5, 5.41) is 0. The molecule has 5 heteroatoms. The molecule has 0 radical (unpaired) electrons. The Balaban J connectivity index is 1.42. The van der Waals surface area contributed by atoms with Gasteiger partial charge in [-0.1, -0.05) is 63.4 Å². The van der Waals surface area contributed by atoms with Crippen LogP contribution < -0.4 is 4.74 Å². The van der Waals surface area contributed by atoms with Crippen LogP contribution in [0.1, 0.15) is 83.6 Å². The van der Waals surface area contributed by atoms with Crippen molar-refractivity contribution in [3.05, 3.63) is 52.5 Å². The van der Waals surface area contributed by atoms with E-state index in [-0.39, 0.29) is 12.5 Å². The normalized spacial score (nSPS) is 18.7. The summed E-state index contributed by atoms with van der Waals surface area (Å²) in [6.45, 7) is 4.90. The van der Waals surface area contributed by atoms with Crippen LogP contribution >= 0.6 is 15.9 Å². The molecular weight excluding hydrogens is 507 g/mol. The summed E-state index contributed by atoms with van der Waals surface area (Å²) in [6, 6.07) is 15.1. The Labute approximate surface area is 218 Å². The zero-order chi connectivity index (χ0) is 25.0. The number of halogens is 2. The molecule has 0 bridgehead atoms. The molecule has 3 nitrogen and oxygen atoms in total. The number of carbonyl (C=O) groups is 1. The second-order valence-electron chi connectivity index (χ2n) is 9.77. The molecule has 0 spiro atoms. The SMILES string of the molecule is CCCCOc1ccc(-c2ccc(CCC3CCC(OC(=O)[C@@H](F)CCCC)CC3)cc2)cc1Br. The van der Waals surface area contributed by atoms with E-state index in [0.29, 0.717) is 5.92 Å². The van der Waals surface area contributed by atoms with Gasteiger partial charge in [0.05, 0.1) is 11.1 Å². The molecule has 0 aliphatic heterocycles. The highest BCUT2D eigenvalue weighted by Gasteiger charge is 2.27. The third kappa shape index (κ3) is 8.93. The van der Waals surface area contributed by atoms with Crippen molar-refractivity contribution < 1.29 is 18.7 Å². The first-order valence-electron chi connectivity index (χ1n) is 13.4. The third-order valence-corrected chi connectivity index (χ3v) is 7.58. The van der Waals surface area contributed by atoms with Crippen molar-refractivity contribution in [1.82, 2.24) is 0 Å². The number of esters is 1. The van der Waals surface area contributed by atoms with Crippen LogP contribution in [0.3, 0.4) is 0 Å². The van der Waals surface area contributed by atoms with Gasteiger partial charge in [-0.25, -0.2) is 9.18 Å². The van der Waals surface area contributed by atoms with E-state index in [1.165, 1.54) is 16.7 Å². The van der Waals surface area contributed by atoms with E-state index in [4.69, 9.17) is 9.47 Å². The van der Waals surface area contributed by atoms with Crippen LogP contribution in [0.5, 0.6) is 5.75 Å². The lowest BCUT2D eigenvalue weighted by Gasteiger charge is -2.28. The number of hydrogen-bond acceptors (Lipinski definition) is 3. The largest absolute Gasteiger partial charge is 0.492 e. The first-order valence-corrected chi connectivity index (χ1v) is 14.2.